The van der Waals surface area contributed by atoms with Crippen LogP contribution < -0.4 is 10.6 Å². The smallest absolute Gasteiger partial charge is 0.230 e. The standard InChI is InChI=1S/C15H22N2O2/c1-19-12-11-16-9-10-17-14(18)15(7-8-15)13-5-3-2-4-6-13/h2-6,16H,7-12H2,1H3,(H,17,18). The Kier molecular flexibility index (Phi) is 4.93. The molecule has 0 heterocycles. The van der Waals surface area contributed by atoms with Gasteiger partial charge in [-0.05, 0) is 18.4 Å². The molecule has 0 unspecified atom stereocenters. The van der Waals surface area contributed by atoms with Crippen LogP contribution in [0.4, 0.5) is 0 Å². The van der Waals surface area contributed by atoms with Gasteiger partial charge >= 0.3 is 0 Å². The van der Waals surface area contributed by atoms with Gasteiger partial charge in [0, 0.05) is 26.7 Å². The Bertz CT molecular complexity index is 402. The number of amides is 1. The second-order valence-electron chi connectivity index (χ2n) is 4.95. The molecule has 1 saturated carbocycles. The molecule has 2 N–H and O–H groups in total. The fourth-order valence-corrected chi connectivity index (χ4v) is 2.26. The number of hydrogen-bond donors (Lipinski definition) is 2. The van der Waals surface area contributed by atoms with E-state index in [9.17, 15) is 4.79 Å². The summed E-state index contributed by atoms with van der Waals surface area (Å²) in [5.74, 6) is 0.159. The number of hydrogen-bond acceptors (Lipinski definition) is 3. The van der Waals surface area contributed by atoms with E-state index in [1.165, 1.54) is 0 Å². The minimum absolute atomic E-state index is 0.159. The third-order valence-electron chi connectivity index (χ3n) is 3.58. The van der Waals surface area contributed by atoms with E-state index in [4.69, 9.17) is 4.74 Å². The second-order valence-corrected chi connectivity index (χ2v) is 4.95. The zero-order valence-electron chi connectivity index (χ0n) is 11.4. The maximum atomic E-state index is 12.3. The highest BCUT2D eigenvalue weighted by Crippen LogP contribution is 2.48. The summed E-state index contributed by atoms with van der Waals surface area (Å²) < 4.78 is 4.94. The van der Waals surface area contributed by atoms with Gasteiger partial charge in [-0.1, -0.05) is 30.3 Å². The molecule has 0 saturated heterocycles. The molecule has 0 atom stereocenters. The number of rotatable bonds is 8. The predicted octanol–water partition coefficient (Wildman–Crippen LogP) is 1.07. The molecule has 4 nitrogen and oxygen atoms in total. The molecular formula is C15H22N2O2. The summed E-state index contributed by atoms with van der Waals surface area (Å²) in [7, 11) is 1.68. The van der Waals surface area contributed by atoms with Crippen molar-refractivity contribution in [2.45, 2.75) is 18.3 Å². The monoisotopic (exact) mass is 262 g/mol. The van der Waals surface area contributed by atoms with Crippen molar-refractivity contribution in [1.82, 2.24) is 10.6 Å². The van der Waals surface area contributed by atoms with Crippen molar-refractivity contribution in [1.29, 1.82) is 0 Å². The Morgan fingerprint density at radius 2 is 1.95 bits per heavy atom. The van der Waals surface area contributed by atoms with Gasteiger partial charge in [0.15, 0.2) is 0 Å². The Morgan fingerprint density at radius 1 is 1.21 bits per heavy atom. The first-order valence-corrected chi connectivity index (χ1v) is 6.83. The maximum Gasteiger partial charge on any atom is 0.230 e. The molecule has 0 spiro atoms. The fourth-order valence-electron chi connectivity index (χ4n) is 2.26. The molecule has 4 heteroatoms. The minimum Gasteiger partial charge on any atom is -0.383 e. The topological polar surface area (TPSA) is 50.4 Å². The van der Waals surface area contributed by atoms with Crippen LogP contribution in [-0.4, -0.2) is 39.3 Å². The van der Waals surface area contributed by atoms with Crippen LogP contribution in [0.3, 0.4) is 0 Å². The van der Waals surface area contributed by atoms with Gasteiger partial charge in [0.2, 0.25) is 5.91 Å². The molecule has 19 heavy (non-hydrogen) atoms. The molecule has 0 aliphatic heterocycles. The highest BCUT2D eigenvalue weighted by Gasteiger charge is 2.50. The van der Waals surface area contributed by atoms with Gasteiger partial charge in [-0.2, -0.15) is 0 Å². The van der Waals surface area contributed by atoms with Crippen molar-refractivity contribution in [2.24, 2.45) is 0 Å². The first-order chi connectivity index (χ1) is 9.29. The summed E-state index contributed by atoms with van der Waals surface area (Å²) >= 11 is 0. The SMILES string of the molecule is COCCNCCNC(=O)C1(c2ccccc2)CC1. The molecule has 1 fully saturated rings. The number of carbonyl (C=O) groups is 1. The van der Waals surface area contributed by atoms with Crippen LogP contribution in [-0.2, 0) is 14.9 Å². The van der Waals surface area contributed by atoms with Crippen molar-refractivity contribution in [3.63, 3.8) is 0 Å². The van der Waals surface area contributed by atoms with Crippen LogP contribution in [0.25, 0.3) is 0 Å². The zero-order valence-corrected chi connectivity index (χ0v) is 11.4. The van der Waals surface area contributed by atoms with E-state index in [-0.39, 0.29) is 11.3 Å². The molecule has 1 aliphatic carbocycles. The third-order valence-corrected chi connectivity index (χ3v) is 3.58. The second kappa shape index (κ2) is 6.68. The zero-order chi connectivity index (χ0) is 13.6. The molecule has 1 amide bonds. The molecule has 0 bridgehead atoms. The summed E-state index contributed by atoms with van der Waals surface area (Å²) in [6.45, 7) is 2.95. The number of benzene rings is 1. The third kappa shape index (κ3) is 3.55. The van der Waals surface area contributed by atoms with E-state index in [1.54, 1.807) is 7.11 Å². The van der Waals surface area contributed by atoms with Crippen LogP contribution in [0, 0.1) is 0 Å². The molecule has 1 aromatic rings. The summed E-state index contributed by atoms with van der Waals surface area (Å²) in [4.78, 5) is 12.3. The Balaban J connectivity index is 1.75. The molecule has 104 valence electrons. The van der Waals surface area contributed by atoms with Crippen LogP contribution in [0.2, 0.25) is 0 Å². The van der Waals surface area contributed by atoms with Gasteiger partial charge in [0.1, 0.15) is 0 Å². The van der Waals surface area contributed by atoms with Crippen LogP contribution in [0.5, 0.6) is 0 Å². The van der Waals surface area contributed by atoms with Gasteiger partial charge in [0.25, 0.3) is 0 Å². The fraction of sp³-hybridized carbons (Fsp3) is 0.533. The van der Waals surface area contributed by atoms with Crippen LogP contribution >= 0.6 is 0 Å². The number of carbonyl (C=O) groups excluding carboxylic acids is 1. The first kappa shape index (κ1) is 14.0. The molecule has 0 aromatic heterocycles. The summed E-state index contributed by atoms with van der Waals surface area (Å²) in [6.07, 6.45) is 1.92. The van der Waals surface area contributed by atoms with E-state index in [0.717, 1.165) is 31.5 Å². The number of ether oxygens (including phenoxy) is 1. The summed E-state index contributed by atoms with van der Waals surface area (Å²) in [5.41, 5.74) is 0.883. The number of methoxy groups -OCH3 is 1. The van der Waals surface area contributed by atoms with E-state index in [1.807, 2.05) is 30.3 Å². The average Bonchev–Trinajstić information content (AvgIpc) is 3.25. The molecule has 1 aliphatic rings. The first-order valence-electron chi connectivity index (χ1n) is 6.83. The summed E-state index contributed by atoms with van der Waals surface area (Å²) in [5, 5.41) is 6.23. The Morgan fingerprint density at radius 3 is 2.58 bits per heavy atom. The van der Waals surface area contributed by atoms with Crippen molar-refractivity contribution < 1.29 is 9.53 Å². The Labute approximate surface area is 114 Å². The highest BCUT2D eigenvalue weighted by molar-refractivity contribution is 5.91. The normalized spacial score (nSPS) is 16.1. The lowest BCUT2D eigenvalue weighted by molar-refractivity contribution is -0.123. The van der Waals surface area contributed by atoms with Gasteiger partial charge in [-0.3, -0.25) is 4.79 Å². The quantitative estimate of drug-likeness (QED) is 0.689. The van der Waals surface area contributed by atoms with Crippen LogP contribution in [0.15, 0.2) is 30.3 Å². The van der Waals surface area contributed by atoms with Crippen molar-refractivity contribution in [3.05, 3.63) is 35.9 Å². The maximum absolute atomic E-state index is 12.3. The molecular weight excluding hydrogens is 240 g/mol. The lowest BCUT2D eigenvalue weighted by atomic mass is 9.95. The van der Waals surface area contributed by atoms with E-state index >= 15 is 0 Å². The largest absolute Gasteiger partial charge is 0.383 e. The number of nitrogens with one attached hydrogen (secondary N) is 2. The minimum atomic E-state index is -0.256. The lowest BCUT2D eigenvalue weighted by Gasteiger charge is -2.15. The average molecular weight is 262 g/mol. The van der Waals surface area contributed by atoms with Crippen molar-refractivity contribution in [3.8, 4) is 0 Å². The molecule has 2 rings (SSSR count). The highest BCUT2D eigenvalue weighted by atomic mass is 16.5. The molecule has 0 radical (unpaired) electrons. The van der Waals surface area contributed by atoms with Crippen LogP contribution in [0.1, 0.15) is 18.4 Å². The van der Waals surface area contributed by atoms with Gasteiger partial charge in [0.05, 0.1) is 12.0 Å². The van der Waals surface area contributed by atoms with Crippen molar-refractivity contribution >= 4 is 5.91 Å². The predicted molar refractivity (Wildman–Crippen MR) is 75.1 cm³/mol. The van der Waals surface area contributed by atoms with Gasteiger partial charge in [-0.15, -0.1) is 0 Å². The van der Waals surface area contributed by atoms with Crippen molar-refractivity contribution in [2.75, 3.05) is 33.4 Å². The molecule has 1 aromatic carbocycles. The van der Waals surface area contributed by atoms with E-state index < -0.39 is 0 Å². The lowest BCUT2D eigenvalue weighted by Crippen LogP contribution is -2.39. The Hall–Kier alpha value is -1.39. The van der Waals surface area contributed by atoms with E-state index in [2.05, 4.69) is 10.6 Å². The van der Waals surface area contributed by atoms with Gasteiger partial charge in [-0.25, -0.2) is 0 Å². The van der Waals surface area contributed by atoms with E-state index in [0.29, 0.717) is 13.2 Å². The summed E-state index contributed by atoms with van der Waals surface area (Å²) in [6, 6.07) is 10.1. The van der Waals surface area contributed by atoms with Gasteiger partial charge < -0.3 is 15.4 Å².